The predicted octanol–water partition coefficient (Wildman–Crippen LogP) is 3.11. The number of carbonyl (C=O) groups is 2. The molecule has 0 amide bonds. The first kappa shape index (κ1) is 11.8. The lowest BCUT2D eigenvalue weighted by molar-refractivity contribution is 0.0391. The van der Waals surface area contributed by atoms with E-state index in [4.69, 9.17) is 9.15 Å². The summed E-state index contributed by atoms with van der Waals surface area (Å²) in [5, 5.41) is 1.37. The molecule has 2 aromatic carbocycles. The summed E-state index contributed by atoms with van der Waals surface area (Å²) < 4.78 is 10.3. The van der Waals surface area contributed by atoms with Crippen LogP contribution in [0.15, 0.2) is 40.9 Å². The zero-order valence-electron chi connectivity index (χ0n) is 11.0. The maximum atomic E-state index is 11.9. The van der Waals surface area contributed by atoms with Crippen molar-refractivity contribution in [1.29, 1.82) is 0 Å². The molecule has 1 aliphatic rings. The first-order chi connectivity index (χ1) is 10.1. The highest BCUT2D eigenvalue weighted by Gasteiger charge is 2.28. The van der Waals surface area contributed by atoms with Crippen LogP contribution in [-0.4, -0.2) is 16.9 Å². The summed E-state index contributed by atoms with van der Waals surface area (Å²) in [6.45, 7) is 1.76. The largest absolute Gasteiger partial charge is 0.441 e. The predicted molar refractivity (Wildman–Crippen MR) is 73.9 cm³/mol. The van der Waals surface area contributed by atoms with Crippen molar-refractivity contribution in [3.8, 4) is 11.3 Å². The first-order valence-electron chi connectivity index (χ1n) is 6.40. The molecule has 0 saturated heterocycles. The molecule has 0 unspecified atom stereocenters. The third-order valence-electron chi connectivity index (χ3n) is 3.55. The highest BCUT2D eigenvalue weighted by molar-refractivity contribution is 6.22. The van der Waals surface area contributed by atoms with Crippen LogP contribution in [0.2, 0.25) is 0 Å². The molecule has 0 N–H and O–H groups in total. The molecule has 0 fully saturated rings. The number of nitrogens with zero attached hydrogens (tertiary/aromatic N) is 1. The fourth-order valence-corrected chi connectivity index (χ4v) is 2.64. The van der Waals surface area contributed by atoms with E-state index >= 15 is 0 Å². The van der Waals surface area contributed by atoms with Gasteiger partial charge < -0.3 is 9.15 Å². The van der Waals surface area contributed by atoms with Crippen LogP contribution < -0.4 is 0 Å². The second kappa shape index (κ2) is 4.02. The molecule has 0 saturated carbocycles. The Balaban J connectivity index is 2.12. The number of cyclic esters (lactones) is 2. The van der Waals surface area contributed by atoms with E-state index in [1.165, 1.54) is 0 Å². The molecule has 0 radical (unpaired) electrons. The van der Waals surface area contributed by atoms with E-state index in [0.717, 1.165) is 10.9 Å². The minimum Gasteiger partial charge on any atom is -0.441 e. The quantitative estimate of drug-likeness (QED) is 0.505. The summed E-state index contributed by atoms with van der Waals surface area (Å²) in [4.78, 5) is 27.8. The Bertz CT molecular complexity index is 903. The molecule has 1 aromatic heterocycles. The van der Waals surface area contributed by atoms with Gasteiger partial charge in [-0.1, -0.05) is 12.1 Å². The number of esters is 2. The molecule has 0 spiro atoms. The Morgan fingerprint density at radius 2 is 1.67 bits per heavy atom. The van der Waals surface area contributed by atoms with Crippen molar-refractivity contribution in [2.75, 3.05) is 0 Å². The van der Waals surface area contributed by atoms with Gasteiger partial charge in [0.2, 0.25) is 0 Å². The number of rotatable bonds is 1. The summed E-state index contributed by atoms with van der Waals surface area (Å²) in [6, 6.07) is 8.68. The molecule has 0 bridgehead atoms. The molecule has 4 rings (SSSR count). The van der Waals surface area contributed by atoms with E-state index in [9.17, 15) is 9.59 Å². The van der Waals surface area contributed by atoms with Crippen molar-refractivity contribution in [2.24, 2.45) is 0 Å². The van der Waals surface area contributed by atoms with Crippen molar-refractivity contribution in [2.45, 2.75) is 6.92 Å². The fourth-order valence-electron chi connectivity index (χ4n) is 2.64. The summed E-state index contributed by atoms with van der Waals surface area (Å²) in [7, 11) is 0. The van der Waals surface area contributed by atoms with E-state index < -0.39 is 11.9 Å². The highest BCUT2D eigenvalue weighted by Crippen LogP contribution is 2.35. The average molecular weight is 279 g/mol. The number of benzene rings is 2. The molecular weight excluding hydrogens is 270 g/mol. The number of hydrogen-bond acceptors (Lipinski definition) is 5. The van der Waals surface area contributed by atoms with Crippen LogP contribution in [0, 0.1) is 6.92 Å². The Morgan fingerprint density at radius 3 is 2.38 bits per heavy atom. The van der Waals surface area contributed by atoms with E-state index in [1.54, 1.807) is 37.4 Å². The van der Waals surface area contributed by atoms with Gasteiger partial charge in [-0.25, -0.2) is 14.6 Å². The van der Waals surface area contributed by atoms with Crippen LogP contribution in [0.5, 0.6) is 0 Å². The molecule has 5 heteroatoms. The van der Waals surface area contributed by atoms with Crippen molar-refractivity contribution in [1.82, 2.24) is 4.98 Å². The summed E-state index contributed by atoms with van der Waals surface area (Å²) in [5.74, 6) is -0.0865. The van der Waals surface area contributed by atoms with E-state index in [2.05, 4.69) is 4.98 Å². The van der Waals surface area contributed by atoms with Gasteiger partial charge in [0.1, 0.15) is 0 Å². The lowest BCUT2D eigenvalue weighted by atomic mass is 9.93. The van der Waals surface area contributed by atoms with Crippen LogP contribution in [0.4, 0.5) is 0 Å². The SMILES string of the molecule is Cc1ncc(-c2ccc3c4c(cccc24)C(=O)OC3=O)o1. The van der Waals surface area contributed by atoms with Gasteiger partial charge in [0, 0.05) is 17.9 Å². The third kappa shape index (κ3) is 1.61. The van der Waals surface area contributed by atoms with Crippen LogP contribution in [0.25, 0.3) is 22.1 Å². The zero-order valence-corrected chi connectivity index (χ0v) is 11.0. The average Bonchev–Trinajstić information content (AvgIpc) is 2.90. The van der Waals surface area contributed by atoms with Crippen LogP contribution in [0.1, 0.15) is 26.6 Å². The molecule has 5 nitrogen and oxygen atoms in total. The topological polar surface area (TPSA) is 69.4 Å². The lowest BCUT2D eigenvalue weighted by Gasteiger charge is -2.16. The monoisotopic (exact) mass is 279 g/mol. The Morgan fingerprint density at radius 1 is 0.952 bits per heavy atom. The molecule has 102 valence electrons. The standard InChI is InChI=1S/C16H9NO4/c1-8-17-7-13(20-8)9-5-6-12-14-10(9)3-2-4-11(14)15(18)21-16(12)19/h2-7H,1H3. The normalized spacial score (nSPS) is 13.6. The van der Waals surface area contributed by atoms with Crippen LogP contribution in [-0.2, 0) is 4.74 Å². The zero-order chi connectivity index (χ0) is 14.6. The molecule has 1 aliphatic heterocycles. The van der Waals surface area contributed by atoms with Gasteiger partial charge in [-0.15, -0.1) is 0 Å². The second-order valence-corrected chi connectivity index (χ2v) is 4.81. The Kier molecular flexibility index (Phi) is 2.27. The number of ether oxygens (including phenoxy) is 1. The van der Waals surface area contributed by atoms with E-state index in [0.29, 0.717) is 28.2 Å². The number of hydrogen-bond donors (Lipinski definition) is 0. The molecule has 0 aliphatic carbocycles. The van der Waals surface area contributed by atoms with Gasteiger partial charge >= 0.3 is 11.9 Å². The first-order valence-corrected chi connectivity index (χ1v) is 6.40. The lowest BCUT2D eigenvalue weighted by Crippen LogP contribution is -2.19. The highest BCUT2D eigenvalue weighted by atomic mass is 16.6. The van der Waals surface area contributed by atoms with Gasteiger partial charge in [0.05, 0.1) is 17.3 Å². The van der Waals surface area contributed by atoms with Crippen molar-refractivity contribution >= 4 is 22.7 Å². The number of oxazole rings is 1. The van der Waals surface area contributed by atoms with Crippen molar-refractivity contribution < 1.29 is 18.7 Å². The fraction of sp³-hybridized carbons (Fsp3) is 0.0625. The molecule has 21 heavy (non-hydrogen) atoms. The molecular formula is C16H9NO4. The van der Waals surface area contributed by atoms with Gasteiger partial charge in [0.15, 0.2) is 11.7 Å². The van der Waals surface area contributed by atoms with E-state index in [1.807, 2.05) is 6.07 Å². The number of aryl methyl sites for hydroxylation is 1. The summed E-state index contributed by atoms with van der Waals surface area (Å²) in [6.07, 6.45) is 1.63. The van der Waals surface area contributed by atoms with Gasteiger partial charge in [-0.05, 0) is 23.6 Å². The smallest absolute Gasteiger partial charge is 0.346 e. The number of carbonyl (C=O) groups excluding carboxylic acids is 2. The Labute approximate surface area is 119 Å². The summed E-state index contributed by atoms with van der Waals surface area (Å²) in [5.41, 5.74) is 1.57. The van der Waals surface area contributed by atoms with E-state index in [-0.39, 0.29) is 0 Å². The van der Waals surface area contributed by atoms with Crippen LogP contribution in [0.3, 0.4) is 0 Å². The third-order valence-corrected chi connectivity index (χ3v) is 3.55. The molecule has 2 heterocycles. The molecule has 3 aromatic rings. The minimum absolute atomic E-state index is 0.389. The van der Waals surface area contributed by atoms with Crippen LogP contribution >= 0.6 is 0 Å². The van der Waals surface area contributed by atoms with Gasteiger partial charge in [-0.2, -0.15) is 0 Å². The van der Waals surface area contributed by atoms with Gasteiger partial charge in [0.25, 0.3) is 0 Å². The maximum absolute atomic E-state index is 11.9. The molecule has 0 atom stereocenters. The van der Waals surface area contributed by atoms with Crippen molar-refractivity contribution in [3.05, 3.63) is 53.5 Å². The van der Waals surface area contributed by atoms with Gasteiger partial charge in [-0.3, -0.25) is 0 Å². The number of aromatic nitrogens is 1. The van der Waals surface area contributed by atoms with Crippen molar-refractivity contribution in [3.63, 3.8) is 0 Å². The Hall–Kier alpha value is -2.95. The second-order valence-electron chi connectivity index (χ2n) is 4.81. The summed E-state index contributed by atoms with van der Waals surface area (Å²) >= 11 is 0. The minimum atomic E-state index is -0.621. The maximum Gasteiger partial charge on any atom is 0.346 e.